The van der Waals surface area contributed by atoms with Crippen LogP contribution in [0.25, 0.3) is 0 Å². The lowest BCUT2D eigenvalue weighted by Gasteiger charge is -2.08. The molecule has 18 heavy (non-hydrogen) atoms. The highest BCUT2D eigenvalue weighted by Gasteiger charge is 2.21. The summed E-state index contributed by atoms with van der Waals surface area (Å²) in [5.74, 6) is 0.711. The Morgan fingerprint density at radius 3 is 2.89 bits per heavy atom. The quantitative estimate of drug-likeness (QED) is 0.361. The first kappa shape index (κ1) is 12.7. The molecule has 0 unspecified atom stereocenters. The first-order valence-corrected chi connectivity index (χ1v) is 5.89. The van der Waals surface area contributed by atoms with Gasteiger partial charge in [-0.2, -0.15) is 0 Å². The molecule has 5 heteroatoms. The van der Waals surface area contributed by atoms with E-state index in [1.54, 1.807) is 18.2 Å². The molecule has 1 aromatic rings. The molecule has 1 saturated carbocycles. The number of carbonyl (C=O) groups is 1. The minimum atomic E-state index is -0.498. The number of hydrogen-bond donors (Lipinski definition) is 1. The van der Waals surface area contributed by atoms with Gasteiger partial charge >= 0.3 is 5.97 Å². The van der Waals surface area contributed by atoms with Crippen molar-refractivity contribution in [1.29, 1.82) is 0 Å². The van der Waals surface area contributed by atoms with Crippen LogP contribution in [-0.4, -0.2) is 26.5 Å². The summed E-state index contributed by atoms with van der Waals surface area (Å²) < 4.78 is 15.3. The van der Waals surface area contributed by atoms with Gasteiger partial charge in [0.2, 0.25) is 0 Å². The van der Waals surface area contributed by atoms with Gasteiger partial charge in [0, 0.05) is 5.69 Å². The van der Waals surface area contributed by atoms with Crippen LogP contribution >= 0.6 is 0 Å². The summed E-state index contributed by atoms with van der Waals surface area (Å²) in [5, 5.41) is 0. The van der Waals surface area contributed by atoms with E-state index >= 15 is 0 Å². The van der Waals surface area contributed by atoms with Crippen LogP contribution in [0.1, 0.15) is 23.2 Å². The molecule has 98 valence electrons. The SMILES string of the molecule is COc1ccc(N)c(C(=O)OCOCC2CC2)c1. The Kier molecular flexibility index (Phi) is 4.04. The fraction of sp³-hybridized carbons (Fsp3) is 0.462. The fourth-order valence-electron chi connectivity index (χ4n) is 1.51. The largest absolute Gasteiger partial charge is 0.497 e. The molecule has 0 amide bonds. The van der Waals surface area contributed by atoms with Crippen LogP contribution in [0.2, 0.25) is 0 Å². The van der Waals surface area contributed by atoms with Gasteiger partial charge in [0.1, 0.15) is 5.75 Å². The second-order valence-electron chi connectivity index (χ2n) is 4.32. The summed E-state index contributed by atoms with van der Waals surface area (Å²) >= 11 is 0. The van der Waals surface area contributed by atoms with Gasteiger partial charge in [-0.1, -0.05) is 0 Å². The van der Waals surface area contributed by atoms with Gasteiger partial charge in [0.05, 0.1) is 19.3 Å². The predicted molar refractivity (Wildman–Crippen MR) is 66.4 cm³/mol. The molecule has 2 N–H and O–H groups in total. The van der Waals surface area contributed by atoms with Crippen LogP contribution < -0.4 is 10.5 Å². The maximum absolute atomic E-state index is 11.8. The summed E-state index contributed by atoms with van der Waals surface area (Å²) in [5.41, 5.74) is 6.37. The predicted octanol–water partition coefficient (Wildman–Crippen LogP) is 1.82. The van der Waals surface area contributed by atoms with Crippen LogP contribution in [0, 0.1) is 5.92 Å². The highest BCUT2D eigenvalue weighted by atomic mass is 16.7. The lowest BCUT2D eigenvalue weighted by Crippen LogP contribution is -2.12. The molecule has 0 spiro atoms. The van der Waals surface area contributed by atoms with E-state index in [1.807, 2.05) is 0 Å². The van der Waals surface area contributed by atoms with Gasteiger partial charge < -0.3 is 19.9 Å². The number of nitrogen functional groups attached to an aromatic ring is 1. The third-order valence-corrected chi connectivity index (χ3v) is 2.80. The van der Waals surface area contributed by atoms with Crippen molar-refractivity contribution in [3.63, 3.8) is 0 Å². The van der Waals surface area contributed by atoms with E-state index in [0.29, 0.717) is 29.5 Å². The van der Waals surface area contributed by atoms with Crippen molar-refractivity contribution in [3.8, 4) is 5.75 Å². The van der Waals surface area contributed by atoms with E-state index in [1.165, 1.54) is 20.0 Å². The molecule has 0 aliphatic heterocycles. The van der Waals surface area contributed by atoms with Gasteiger partial charge in [-0.25, -0.2) is 4.79 Å². The Morgan fingerprint density at radius 2 is 2.22 bits per heavy atom. The molecule has 0 atom stereocenters. The lowest BCUT2D eigenvalue weighted by atomic mass is 10.2. The van der Waals surface area contributed by atoms with Crippen LogP contribution in [-0.2, 0) is 9.47 Å². The summed E-state index contributed by atoms with van der Waals surface area (Å²) in [6, 6.07) is 4.86. The molecule has 1 fully saturated rings. The Balaban J connectivity index is 1.86. The van der Waals surface area contributed by atoms with Crippen molar-refractivity contribution in [2.24, 2.45) is 5.92 Å². The smallest absolute Gasteiger partial charge is 0.342 e. The number of rotatable bonds is 6. The maximum Gasteiger partial charge on any atom is 0.342 e. The van der Waals surface area contributed by atoms with Crippen LogP contribution in [0.5, 0.6) is 5.75 Å². The normalized spacial score (nSPS) is 14.3. The molecule has 0 radical (unpaired) electrons. The summed E-state index contributed by atoms with van der Waals surface area (Å²) in [6.07, 6.45) is 2.41. The zero-order chi connectivity index (χ0) is 13.0. The molecular formula is C13H17NO4. The van der Waals surface area contributed by atoms with E-state index in [-0.39, 0.29) is 6.79 Å². The average Bonchev–Trinajstić information content (AvgIpc) is 3.19. The minimum Gasteiger partial charge on any atom is -0.497 e. The first-order valence-electron chi connectivity index (χ1n) is 5.89. The first-order chi connectivity index (χ1) is 8.70. The molecule has 0 saturated heterocycles. The molecule has 1 aliphatic carbocycles. The number of carbonyl (C=O) groups excluding carboxylic acids is 1. The van der Waals surface area contributed by atoms with Crippen molar-refractivity contribution in [2.75, 3.05) is 26.2 Å². The summed E-state index contributed by atoms with van der Waals surface area (Å²) in [4.78, 5) is 11.8. The zero-order valence-corrected chi connectivity index (χ0v) is 10.3. The topological polar surface area (TPSA) is 70.8 Å². The van der Waals surface area contributed by atoms with Crippen LogP contribution in [0.15, 0.2) is 18.2 Å². The number of anilines is 1. The van der Waals surface area contributed by atoms with Crippen LogP contribution in [0.3, 0.4) is 0 Å². The van der Waals surface area contributed by atoms with E-state index in [0.717, 1.165) is 0 Å². The highest BCUT2D eigenvalue weighted by molar-refractivity contribution is 5.95. The molecule has 5 nitrogen and oxygen atoms in total. The van der Waals surface area contributed by atoms with Crippen molar-refractivity contribution < 1.29 is 19.0 Å². The molecule has 2 rings (SSSR count). The zero-order valence-electron chi connectivity index (χ0n) is 10.3. The Labute approximate surface area is 106 Å². The highest BCUT2D eigenvalue weighted by Crippen LogP contribution is 2.28. The number of nitrogens with two attached hydrogens (primary N) is 1. The average molecular weight is 251 g/mol. The van der Waals surface area contributed by atoms with E-state index < -0.39 is 5.97 Å². The Hall–Kier alpha value is -1.75. The molecule has 1 aliphatic rings. The molecule has 0 bridgehead atoms. The van der Waals surface area contributed by atoms with Crippen molar-refractivity contribution >= 4 is 11.7 Å². The monoisotopic (exact) mass is 251 g/mol. The van der Waals surface area contributed by atoms with Crippen LogP contribution in [0.4, 0.5) is 5.69 Å². The van der Waals surface area contributed by atoms with Gasteiger partial charge in [0.15, 0.2) is 6.79 Å². The van der Waals surface area contributed by atoms with E-state index in [9.17, 15) is 4.79 Å². The van der Waals surface area contributed by atoms with Gasteiger partial charge in [-0.15, -0.1) is 0 Å². The number of esters is 1. The maximum atomic E-state index is 11.8. The molecule has 1 aromatic carbocycles. The summed E-state index contributed by atoms with van der Waals surface area (Å²) in [6.45, 7) is 0.618. The Morgan fingerprint density at radius 1 is 1.44 bits per heavy atom. The molecule has 0 heterocycles. The number of benzene rings is 1. The van der Waals surface area contributed by atoms with Gasteiger partial charge in [-0.3, -0.25) is 0 Å². The fourth-order valence-corrected chi connectivity index (χ4v) is 1.51. The number of hydrogen-bond acceptors (Lipinski definition) is 5. The number of methoxy groups -OCH3 is 1. The number of ether oxygens (including phenoxy) is 3. The second-order valence-corrected chi connectivity index (χ2v) is 4.32. The lowest BCUT2D eigenvalue weighted by molar-refractivity contribution is -0.0344. The van der Waals surface area contributed by atoms with Gasteiger partial charge in [0.25, 0.3) is 0 Å². The van der Waals surface area contributed by atoms with Crippen molar-refractivity contribution in [3.05, 3.63) is 23.8 Å². The van der Waals surface area contributed by atoms with E-state index in [2.05, 4.69) is 0 Å². The minimum absolute atomic E-state index is 0.0357. The Bertz CT molecular complexity index is 429. The van der Waals surface area contributed by atoms with E-state index in [4.69, 9.17) is 19.9 Å². The molecular weight excluding hydrogens is 234 g/mol. The third kappa shape index (κ3) is 3.37. The van der Waals surface area contributed by atoms with Crippen molar-refractivity contribution in [1.82, 2.24) is 0 Å². The third-order valence-electron chi connectivity index (χ3n) is 2.80. The van der Waals surface area contributed by atoms with Crippen molar-refractivity contribution in [2.45, 2.75) is 12.8 Å². The van der Waals surface area contributed by atoms with Gasteiger partial charge in [-0.05, 0) is 37.0 Å². The second kappa shape index (κ2) is 5.73. The summed E-state index contributed by atoms with van der Waals surface area (Å²) in [7, 11) is 1.53. The standard InChI is InChI=1S/C13H17NO4/c1-16-10-4-5-12(14)11(6-10)13(15)18-8-17-7-9-2-3-9/h4-6,9H,2-3,7-8,14H2,1H3. The molecule has 0 aromatic heterocycles.